The number of likely N-dealkylation sites (tertiary alicyclic amines) is 1. The third-order valence-corrected chi connectivity index (χ3v) is 5.94. The van der Waals surface area contributed by atoms with Gasteiger partial charge < -0.3 is 10.1 Å². The van der Waals surface area contributed by atoms with Gasteiger partial charge in [0, 0.05) is 17.7 Å². The molecule has 0 spiro atoms. The maximum Gasteiger partial charge on any atom is 0.329 e. The number of nitrogens with zero attached hydrogens (tertiary/aromatic N) is 1. The van der Waals surface area contributed by atoms with E-state index in [0.717, 1.165) is 10.5 Å². The van der Waals surface area contributed by atoms with E-state index < -0.39 is 36.2 Å². The zero-order valence-corrected chi connectivity index (χ0v) is 16.6. The molecule has 1 saturated heterocycles. The summed E-state index contributed by atoms with van der Waals surface area (Å²) < 4.78 is 5.12. The van der Waals surface area contributed by atoms with Crippen molar-refractivity contribution in [1.29, 1.82) is 0 Å². The van der Waals surface area contributed by atoms with Crippen LogP contribution in [0.15, 0.2) is 30.4 Å². The molecule has 1 aliphatic carbocycles. The highest BCUT2D eigenvalue weighted by Crippen LogP contribution is 2.36. The highest BCUT2D eigenvalue weighted by molar-refractivity contribution is 6.08. The normalized spacial score (nSPS) is 23.5. The Morgan fingerprint density at radius 2 is 1.77 bits per heavy atom. The molecule has 0 aromatic heterocycles. The van der Waals surface area contributed by atoms with Crippen molar-refractivity contribution in [2.75, 3.05) is 11.9 Å². The highest BCUT2D eigenvalue weighted by atomic mass is 16.5. The zero-order valence-electron chi connectivity index (χ0n) is 16.6. The van der Waals surface area contributed by atoms with Gasteiger partial charge in [0.2, 0.25) is 17.7 Å². The number of hydrogen-bond acceptors (Lipinski definition) is 6. The van der Waals surface area contributed by atoms with Crippen LogP contribution in [0.4, 0.5) is 5.69 Å². The molecule has 1 fully saturated rings. The molecule has 3 aliphatic rings. The van der Waals surface area contributed by atoms with Gasteiger partial charge in [-0.05, 0) is 49.9 Å². The second kappa shape index (κ2) is 7.85. The molecule has 2 heterocycles. The second-order valence-corrected chi connectivity index (χ2v) is 7.83. The Balaban J connectivity index is 1.37. The van der Waals surface area contributed by atoms with E-state index in [2.05, 4.69) is 5.32 Å². The Morgan fingerprint density at radius 3 is 2.43 bits per heavy atom. The lowest BCUT2D eigenvalue weighted by Gasteiger charge is -2.21. The molecule has 8 heteroatoms. The zero-order chi connectivity index (χ0) is 21.4. The third-order valence-electron chi connectivity index (χ3n) is 5.94. The van der Waals surface area contributed by atoms with Crippen molar-refractivity contribution in [3.63, 3.8) is 0 Å². The number of esters is 1. The molecule has 156 valence electrons. The van der Waals surface area contributed by atoms with E-state index in [9.17, 15) is 24.0 Å². The van der Waals surface area contributed by atoms with Crippen LogP contribution in [0.25, 0.3) is 0 Å². The van der Waals surface area contributed by atoms with Crippen molar-refractivity contribution in [3.8, 4) is 0 Å². The molecular formula is C22H22N2O6. The molecule has 2 aliphatic heterocycles. The molecule has 3 atom stereocenters. The van der Waals surface area contributed by atoms with E-state index in [4.69, 9.17) is 4.74 Å². The molecule has 0 unspecified atom stereocenters. The van der Waals surface area contributed by atoms with Gasteiger partial charge in [-0.3, -0.25) is 24.1 Å². The fraction of sp³-hybridized carbons (Fsp3) is 0.409. The van der Waals surface area contributed by atoms with Crippen molar-refractivity contribution < 1.29 is 28.7 Å². The molecule has 1 N–H and O–H groups in total. The van der Waals surface area contributed by atoms with Crippen LogP contribution in [0.5, 0.6) is 0 Å². The van der Waals surface area contributed by atoms with Gasteiger partial charge >= 0.3 is 5.97 Å². The number of carbonyl (C=O) groups is 5. The van der Waals surface area contributed by atoms with Gasteiger partial charge in [-0.2, -0.15) is 0 Å². The molecule has 8 nitrogen and oxygen atoms in total. The summed E-state index contributed by atoms with van der Waals surface area (Å²) in [6.07, 6.45) is 5.63. The fourth-order valence-electron chi connectivity index (χ4n) is 4.21. The average molecular weight is 410 g/mol. The van der Waals surface area contributed by atoms with E-state index in [1.165, 1.54) is 6.92 Å². The van der Waals surface area contributed by atoms with Gasteiger partial charge in [0.25, 0.3) is 0 Å². The topological polar surface area (TPSA) is 110 Å². The smallest absolute Gasteiger partial charge is 0.329 e. The number of allylic oxidation sites excluding steroid dienone is 2. The first-order valence-electron chi connectivity index (χ1n) is 10.0. The Bertz CT molecular complexity index is 956. The number of hydrogen-bond donors (Lipinski definition) is 1. The largest absolute Gasteiger partial charge is 0.456 e. The maximum absolute atomic E-state index is 12.6. The first-order chi connectivity index (χ1) is 14.4. The number of ketones is 1. The number of imide groups is 1. The minimum Gasteiger partial charge on any atom is -0.456 e. The summed E-state index contributed by atoms with van der Waals surface area (Å²) in [5.74, 6) is -2.81. The Morgan fingerprint density at radius 1 is 1.10 bits per heavy atom. The lowest BCUT2D eigenvalue weighted by atomic mass is 9.85. The van der Waals surface area contributed by atoms with Crippen molar-refractivity contribution in [2.24, 2.45) is 11.8 Å². The van der Waals surface area contributed by atoms with Crippen LogP contribution >= 0.6 is 0 Å². The number of aryl methyl sites for hydroxylation is 1. The van der Waals surface area contributed by atoms with Gasteiger partial charge in [-0.1, -0.05) is 12.2 Å². The number of carbonyl (C=O) groups excluding carboxylic acids is 5. The SMILES string of the molecule is C[C@@H](C(=O)OCC(=O)c1ccc2c(c1)CCC(=O)N2)N1C(=O)[C@@H]2CC=CC[C@H]2C1=O. The average Bonchev–Trinajstić information content (AvgIpc) is 3.01. The van der Waals surface area contributed by atoms with Crippen LogP contribution < -0.4 is 5.32 Å². The molecule has 1 aromatic rings. The third kappa shape index (κ3) is 3.53. The van der Waals surface area contributed by atoms with E-state index in [0.29, 0.717) is 36.9 Å². The number of Topliss-reactive ketones (excluding diaryl/α,β-unsaturated/α-hetero) is 1. The summed E-state index contributed by atoms with van der Waals surface area (Å²) in [5, 5.41) is 2.74. The summed E-state index contributed by atoms with van der Waals surface area (Å²) in [4.78, 5) is 62.5. The molecule has 0 bridgehead atoms. The molecule has 0 saturated carbocycles. The van der Waals surface area contributed by atoms with E-state index >= 15 is 0 Å². The molecular weight excluding hydrogens is 388 g/mol. The van der Waals surface area contributed by atoms with Crippen LogP contribution in [0.2, 0.25) is 0 Å². The van der Waals surface area contributed by atoms with Crippen molar-refractivity contribution in [2.45, 2.75) is 38.6 Å². The van der Waals surface area contributed by atoms with Gasteiger partial charge in [0.05, 0.1) is 11.8 Å². The number of anilines is 1. The first kappa shape index (κ1) is 20.0. The quantitative estimate of drug-likeness (QED) is 0.342. The lowest BCUT2D eigenvalue weighted by molar-refractivity contribution is -0.157. The number of amides is 3. The van der Waals surface area contributed by atoms with Crippen molar-refractivity contribution in [1.82, 2.24) is 4.90 Å². The monoisotopic (exact) mass is 410 g/mol. The molecule has 0 radical (unpaired) electrons. The maximum atomic E-state index is 12.6. The van der Waals surface area contributed by atoms with E-state index in [1.807, 2.05) is 12.2 Å². The highest BCUT2D eigenvalue weighted by Gasteiger charge is 2.50. The number of fused-ring (bicyclic) bond motifs is 2. The fourth-order valence-corrected chi connectivity index (χ4v) is 4.21. The summed E-state index contributed by atoms with van der Waals surface area (Å²) in [6, 6.07) is 3.82. The van der Waals surface area contributed by atoms with Crippen LogP contribution in [0.3, 0.4) is 0 Å². The van der Waals surface area contributed by atoms with E-state index in [1.54, 1.807) is 18.2 Å². The summed E-state index contributed by atoms with van der Waals surface area (Å²) >= 11 is 0. The standard InChI is InChI=1S/C22H22N2O6/c1-12(24-20(27)15-4-2-3-5-16(15)21(24)28)22(29)30-11-18(25)14-6-8-17-13(10-14)7-9-19(26)23-17/h2-3,6,8,10,12,15-16H,4-5,7,9,11H2,1H3,(H,23,26)/t12-,15+,16+/m0/s1. The van der Waals surface area contributed by atoms with Crippen LogP contribution in [0.1, 0.15) is 42.1 Å². The molecule has 3 amide bonds. The van der Waals surface area contributed by atoms with Gasteiger partial charge in [0.1, 0.15) is 6.04 Å². The Kier molecular flexibility index (Phi) is 5.24. The van der Waals surface area contributed by atoms with E-state index in [-0.39, 0.29) is 17.7 Å². The summed E-state index contributed by atoms with van der Waals surface area (Å²) in [5.41, 5.74) is 1.90. The first-order valence-corrected chi connectivity index (χ1v) is 10.0. The van der Waals surface area contributed by atoms with Crippen LogP contribution in [0, 0.1) is 11.8 Å². The minimum atomic E-state index is -1.08. The lowest BCUT2D eigenvalue weighted by Crippen LogP contribution is -2.44. The van der Waals surface area contributed by atoms with Crippen molar-refractivity contribution >= 4 is 35.2 Å². The molecule has 30 heavy (non-hydrogen) atoms. The van der Waals surface area contributed by atoms with Crippen LogP contribution in [-0.4, -0.2) is 47.0 Å². The van der Waals surface area contributed by atoms with Gasteiger partial charge in [-0.15, -0.1) is 0 Å². The van der Waals surface area contributed by atoms with Crippen molar-refractivity contribution in [3.05, 3.63) is 41.5 Å². The number of ether oxygens (including phenoxy) is 1. The molecule has 4 rings (SSSR count). The Hall–Kier alpha value is -3.29. The Labute approximate surface area is 173 Å². The summed E-state index contributed by atoms with van der Waals surface area (Å²) in [6.45, 7) is 0.952. The van der Waals surface area contributed by atoms with Gasteiger partial charge in [-0.25, -0.2) is 4.79 Å². The number of benzene rings is 1. The summed E-state index contributed by atoms with van der Waals surface area (Å²) in [7, 11) is 0. The predicted octanol–water partition coefficient (Wildman–Crippen LogP) is 1.64. The number of rotatable bonds is 5. The predicted molar refractivity (Wildman–Crippen MR) is 105 cm³/mol. The van der Waals surface area contributed by atoms with Crippen LogP contribution in [-0.2, 0) is 30.3 Å². The minimum absolute atomic E-state index is 0.0638. The second-order valence-electron chi connectivity index (χ2n) is 7.83. The van der Waals surface area contributed by atoms with Gasteiger partial charge in [0.15, 0.2) is 12.4 Å². The number of nitrogens with one attached hydrogen (secondary N) is 1. The molecule has 1 aromatic carbocycles.